The van der Waals surface area contributed by atoms with Gasteiger partial charge in [-0.15, -0.1) is 0 Å². The molecular formula is C11H17FN2O. The Balaban J connectivity index is 2.81. The van der Waals surface area contributed by atoms with Gasteiger partial charge in [0, 0.05) is 12.6 Å². The zero-order chi connectivity index (χ0) is 11.3. The van der Waals surface area contributed by atoms with Crippen LogP contribution in [0.25, 0.3) is 0 Å². The molecular weight excluding hydrogens is 195 g/mol. The molecule has 0 aliphatic rings. The van der Waals surface area contributed by atoms with E-state index in [9.17, 15) is 4.39 Å². The van der Waals surface area contributed by atoms with Crippen molar-refractivity contribution in [3.8, 4) is 5.75 Å². The lowest BCUT2D eigenvalue weighted by molar-refractivity contribution is 0.321. The molecule has 1 aromatic rings. The predicted molar refractivity (Wildman–Crippen MR) is 58.4 cm³/mol. The zero-order valence-electron chi connectivity index (χ0n) is 9.09. The third-order valence-electron chi connectivity index (χ3n) is 2.11. The van der Waals surface area contributed by atoms with Crippen molar-refractivity contribution in [1.82, 2.24) is 5.32 Å². The minimum absolute atomic E-state index is 0.194. The molecule has 0 saturated carbocycles. The third-order valence-corrected chi connectivity index (χ3v) is 2.11. The van der Waals surface area contributed by atoms with Crippen LogP contribution in [0.2, 0.25) is 0 Å². The molecule has 3 nitrogen and oxygen atoms in total. The molecule has 0 saturated heterocycles. The Morgan fingerprint density at radius 3 is 2.80 bits per heavy atom. The lowest BCUT2D eigenvalue weighted by Gasteiger charge is -2.12. The first-order valence-electron chi connectivity index (χ1n) is 5.01. The molecule has 0 radical (unpaired) electrons. The van der Waals surface area contributed by atoms with Gasteiger partial charge in [-0.05, 0) is 31.7 Å². The van der Waals surface area contributed by atoms with Gasteiger partial charge in [0.1, 0.15) is 0 Å². The van der Waals surface area contributed by atoms with Crippen LogP contribution < -0.4 is 15.8 Å². The van der Waals surface area contributed by atoms with Crippen molar-refractivity contribution in [2.45, 2.75) is 13.0 Å². The van der Waals surface area contributed by atoms with E-state index in [1.54, 1.807) is 12.1 Å². The van der Waals surface area contributed by atoms with E-state index in [4.69, 9.17) is 10.5 Å². The van der Waals surface area contributed by atoms with Gasteiger partial charge in [0.2, 0.25) is 0 Å². The van der Waals surface area contributed by atoms with Crippen LogP contribution in [-0.2, 0) is 0 Å². The summed E-state index contributed by atoms with van der Waals surface area (Å²) >= 11 is 0. The Labute approximate surface area is 89.4 Å². The third kappa shape index (κ3) is 3.18. The van der Waals surface area contributed by atoms with E-state index in [1.165, 1.54) is 6.07 Å². The van der Waals surface area contributed by atoms with Crippen molar-refractivity contribution >= 4 is 0 Å². The Morgan fingerprint density at radius 1 is 1.53 bits per heavy atom. The molecule has 0 amide bonds. The number of rotatable bonds is 5. The number of ether oxygens (including phenoxy) is 1. The van der Waals surface area contributed by atoms with Gasteiger partial charge in [0.15, 0.2) is 11.6 Å². The molecule has 1 unspecified atom stereocenters. The molecule has 0 aliphatic heterocycles. The maximum atomic E-state index is 13.4. The van der Waals surface area contributed by atoms with Crippen LogP contribution in [0.3, 0.4) is 0 Å². The van der Waals surface area contributed by atoms with Crippen LogP contribution >= 0.6 is 0 Å². The smallest absolute Gasteiger partial charge is 0.165 e. The number of hydrogen-bond acceptors (Lipinski definition) is 3. The summed E-state index contributed by atoms with van der Waals surface area (Å²) in [6.45, 7) is 2.90. The maximum absolute atomic E-state index is 13.4. The van der Waals surface area contributed by atoms with Crippen LogP contribution in [-0.4, -0.2) is 20.2 Å². The molecule has 0 aromatic heterocycles. The molecule has 1 atom stereocenters. The van der Waals surface area contributed by atoms with E-state index < -0.39 is 0 Å². The molecule has 0 heterocycles. The quantitative estimate of drug-likeness (QED) is 0.776. The van der Waals surface area contributed by atoms with E-state index in [2.05, 4.69) is 5.32 Å². The van der Waals surface area contributed by atoms with Crippen LogP contribution in [0, 0.1) is 5.82 Å². The Morgan fingerprint density at radius 2 is 2.27 bits per heavy atom. The van der Waals surface area contributed by atoms with Crippen molar-refractivity contribution in [2.24, 2.45) is 5.73 Å². The number of hydrogen-bond donors (Lipinski definition) is 2. The summed E-state index contributed by atoms with van der Waals surface area (Å²) in [7, 11) is 1.81. The van der Waals surface area contributed by atoms with Crippen molar-refractivity contribution in [1.29, 1.82) is 0 Å². The van der Waals surface area contributed by atoms with Gasteiger partial charge >= 0.3 is 0 Å². The van der Waals surface area contributed by atoms with Gasteiger partial charge in [-0.2, -0.15) is 0 Å². The van der Waals surface area contributed by atoms with E-state index in [1.807, 2.05) is 14.0 Å². The molecule has 0 aliphatic carbocycles. The minimum Gasteiger partial charge on any atom is -0.491 e. The molecule has 1 rings (SSSR count). The van der Waals surface area contributed by atoms with Crippen LogP contribution in [0.4, 0.5) is 4.39 Å². The highest BCUT2D eigenvalue weighted by atomic mass is 19.1. The Kier molecular flexibility index (Phi) is 4.52. The monoisotopic (exact) mass is 212 g/mol. The van der Waals surface area contributed by atoms with Crippen LogP contribution in [0.5, 0.6) is 5.75 Å². The predicted octanol–water partition coefficient (Wildman–Crippen LogP) is 1.44. The zero-order valence-corrected chi connectivity index (χ0v) is 9.09. The summed E-state index contributed by atoms with van der Waals surface area (Å²) in [5.74, 6) is -0.0844. The number of halogens is 1. The van der Waals surface area contributed by atoms with Crippen LogP contribution in [0.1, 0.15) is 18.5 Å². The first-order valence-corrected chi connectivity index (χ1v) is 5.01. The Hall–Kier alpha value is -1.13. The standard InChI is InChI=1S/C11H17FN2O/c1-3-15-11-5-4-8(6-9(11)12)10(13)7-14-2/h4-6,10,14H,3,7,13H2,1-2H3. The fourth-order valence-electron chi connectivity index (χ4n) is 1.36. The van der Waals surface area contributed by atoms with Gasteiger partial charge < -0.3 is 15.8 Å². The first-order chi connectivity index (χ1) is 7.19. The first kappa shape index (κ1) is 11.9. The van der Waals surface area contributed by atoms with Crippen molar-refractivity contribution in [2.75, 3.05) is 20.2 Å². The van der Waals surface area contributed by atoms with Gasteiger partial charge in [-0.25, -0.2) is 4.39 Å². The van der Waals surface area contributed by atoms with Gasteiger partial charge in [0.25, 0.3) is 0 Å². The van der Waals surface area contributed by atoms with E-state index in [0.29, 0.717) is 13.2 Å². The molecule has 4 heteroatoms. The largest absolute Gasteiger partial charge is 0.491 e. The average molecular weight is 212 g/mol. The highest BCUT2D eigenvalue weighted by molar-refractivity contribution is 5.31. The Bertz CT molecular complexity index is 317. The highest BCUT2D eigenvalue weighted by Crippen LogP contribution is 2.20. The van der Waals surface area contributed by atoms with E-state index in [0.717, 1.165) is 5.56 Å². The second-order valence-electron chi connectivity index (χ2n) is 3.29. The number of likely N-dealkylation sites (N-methyl/N-ethyl adjacent to an activating group) is 1. The molecule has 1 aromatic carbocycles. The molecule has 84 valence electrons. The summed E-state index contributed by atoms with van der Waals surface area (Å²) in [5, 5.41) is 2.95. The lowest BCUT2D eigenvalue weighted by Crippen LogP contribution is -2.24. The summed E-state index contributed by atoms with van der Waals surface area (Å²) in [6.07, 6.45) is 0. The second-order valence-corrected chi connectivity index (χ2v) is 3.29. The molecule has 0 spiro atoms. The van der Waals surface area contributed by atoms with Crippen molar-refractivity contribution < 1.29 is 9.13 Å². The second kappa shape index (κ2) is 5.68. The molecule has 0 fully saturated rings. The normalized spacial score (nSPS) is 12.5. The van der Waals surface area contributed by atoms with E-state index >= 15 is 0 Å². The summed E-state index contributed by atoms with van der Waals surface area (Å²) < 4.78 is 18.5. The van der Waals surface area contributed by atoms with Gasteiger partial charge in [-0.3, -0.25) is 0 Å². The fourth-order valence-corrected chi connectivity index (χ4v) is 1.36. The fraction of sp³-hybridized carbons (Fsp3) is 0.455. The maximum Gasteiger partial charge on any atom is 0.165 e. The summed E-state index contributed by atoms with van der Waals surface area (Å²) in [6, 6.07) is 4.63. The topological polar surface area (TPSA) is 47.3 Å². The molecule has 0 bridgehead atoms. The molecule has 3 N–H and O–H groups in total. The van der Waals surface area contributed by atoms with Gasteiger partial charge in [0.05, 0.1) is 6.61 Å². The van der Waals surface area contributed by atoms with Crippen LogP contribution in [0.15, 0.2) is 18.2 Å². The number of benzene rings is 1. The summed E-state index contributed by atoms with van der Waals surface area (Å²) in [5.41, 5.74) is 6.60. The minimum atomic E-state index is -0.360. The average Bonchev–Trinajstić information content (AvgIpc) is 2.21. The van der Waals surface area contributed by atoms with Crippen molar-refractivity contribution in [3.05, 3.63) is 29.6 Å². The van der Waals surface area contributed by atoms with E-state index in [-0.39, 0.29) is 17.6 Å². The van der Waals surface area contributed by atoms with Crippen molar-refractivity contribution in [3.63, 3.8) is 0 Å². The number of nitrogens with two attached hydrogens (primary N) is 1. The van der Waals surface area contributed by atoms with Gasteiger partial charge in [-0.1, -0.05) is 6.07 Å². The SMILES string of the molecule is CCOc1ccc(C(N)CNC)cc1F. The lowest BCUT2D eigenvalue weighted by atomic mass is 10.1. The highest BCUT2D eigenvalue weighted by Gasteiger charge is 2.09. The summed E-state index contributed by atoms with van der Waals surface area (Å²) in [4.78, 5) is 0. The number of nitrogens with one attached hydrogen (secondary N) is 1. The molecule has 15 heavy (non-hydrogen) atoms.